The van der Waals surface area contributed by atoms with Crippen molar-refractivity contribution in [3.05, 3.63) is 53.6 Å². The summed E-state index contributed by atoms with van der Waals surface area (Å²) in [5.41, 5.74) is 2.22. The van der Waals surface area contributed by atoms with Crippen molar-refractivity contribution >= 4 is 15.7 Å². The molecule has 2 aromatic rings. The maximum atomic E-state index is 12.4. The number of para-hydroxylation sites is 1. The molecule has 0 N–H and O–H groups in total. The van der Waals surface area contributed by atoms with Gasteiger partial charge in [-0.05, 0) is 35.9 Å². The molecule has 0 fully saturated rings. The van der Waals surface area contributed by atoms with Crippen LogP contribution in [0.15, 0.2) is 47.6 Å². The second-order valence-electron chi connectivity index (χ2n) is 6.11. The van der Waals surface area contributed by atoms with Gasteiger partial charge in [-0.3, -0.25) is 0 Å². The largest absolute Gasteiger partial charge is 0.497 e. The maximum absolute atomic E-state index is 12.4. The Hall–Kier alpha value is -2.74. The van der Waals surface area contributed by atoms with Crippen LogP contribution < -0.4 is 14.2 Å². The van der Waals surface area contributed by atoms with Crippen LogP contribution in [-0.4, -0.2) is 46.1 Å². The van der Waals surface area contributed by atoms with E-state index in [1.54, 1.807) is 20.3 Å². The second kappa shape index (κ2) is 7.48. The highest BCUT2D eigenvalue weighted by Gasteiger charge is 2.36. The zero-order valence-electron chi connectivity index (χ0n) is 15.7. The lowest BCUT2D eigenvalue weighted by atomic mass is 9.98. The van der Waals surface area contributed by atoms with Gasteiger partial charge in [-0.2, -0.15) is 9.52 Å². The van der Waals surface area contributed by atoms with Crippen molar-refractivity contribution in [3.63, 3.8) is 0 Å². The summed E-state index contributed by atoms with van der Waals surface area (Å²) >= 11 is 0. The van der Waals surface area contributed by atoms with Gasteiger partial charge in [0.2, 0.25) is 10.0 Å². The van der Waals surface area contributed by atoms with E-state index in [1.807, 2.05) is 36.4 Å². The first-order chi connectivity index (χ1) is 12.9. The monoisotopic (exact) mass is 390 g/mol. The number of hydrogen-bond acceptors (Lipinski definition) is 6. The van der Waals surface area contributed by atoms with Gasteiger partial charge < -0.3 is 14.2 Å². The Bertz CT molecular complexity index is 955. The summed E-state index contributed by atoms with van der Waals surface area (Å²) in [4.78, 5) is 0. The van der Waals surface area contributed by atoms with Crippen LogP contribution >= 0.6 is 0 Å². The zero-order valence-corrected chi connectivity index (χ0v) is 16.5. The summed E-state index contributed by atoms with van der Waals surface area (Å²) in [6, 6.07) is 12.3. The lowest BCUT2D eigenvalue weighted by Gasteiger charge is -2.23. The third kappa shape index (κ3) is 3.71. The molecule has 1 atom stereocenters. The first-order valence-electron chi connectivity index (χ1n) is 8.31. The Balaban J connectivity index is 2.04. The fraction of sp³-hybridized carbons (Fsp3) is 0.316. The Morgan fingerprint density at radius 1 is 1.00 bits per heavy atom. The Morgan fingerprint density at radius 3 is 2.26 bits per heavy atom. The molecule has 0 spiro atoms. The summed E-state index contributed by atoms with van der Waals surface area (Å²) in [5, 5.41) is 4.40. The number of methoxy groups -OCH3 is 3. The van der Waals surface area contributed by atoms with Crippen LogP contribution in [0.2, 0.25) is 0 Å². The molecule has 1 aliphatic rings. The molecule has 1 heterocycles. The molecule has 0 aromatic heterocycles. The van der Waals surface area contributed by atoms with Crippen LogP contribution in [0, 0.1) is 0 Å². The van der Waals surface area contributed by atoms with Crippen LogP contribution in [-0.2, 0) is 10.0 Å². The van der Waals surface area contributed by atoms with Gasteiger partial charge in [0, 0.05) is 12.0 Å². The summed E-state index contributed by atoms with van der Waals surface area (Å²) in [7, 11) is 1.10. The molecule has 0 radical (unpaired) electrons. The fourth-order valence-electron chi connectivity index (χ4n) is 3.16. The molecule has 2 aromatic carbocycles. The number of ether oxygens (including phenoxy) is 3. The van der Waals surface area contributed by atoms with Crippen molar-refractivity contribution in [3.8, 4) is 17.2 Å². The lowest BCUT2D eigenvalue weighted by molar-refractivity contribution is 0.329. The molecular formula is C19H22N2O5S. The van der Waals surface area contributed by atoms with Gasteiger partial charge in [-0.1, -0.05) is 12.1 Å². The molecule has 144 valence electrons. The minimum Gasteiger partial charge on any atom is -0.497 e. The van der Waals surface area contributed by atoms with E-state index in [1.165, 1.54) is 7.11 Å². The number of nitrogens with zero attached hydrogens (tertiary/aromatic N) is 2. The SMILES string of the molecule is COc1ccc(C2=NN(S(C)(=O)=O)[C@@H](c3cccc(OC)c3OC)C2)cc1. The van der Waals surface area contributed by atoms with Gasteiger partial charge in [0.15, 0.2) is 11.5 Å². The smallest absolute Gasteiger partial charge is 0.247 e. The number of hydrogen-bond donors (Lipinski definition) is 0. The second-order valence-corrected chi connectivity index (χ2v) is 7.95. The van der Waals surface area contributed by atoms with E-state index in [-0.39, 0.29) is 0 Å². The number of sulfonamides is 1. The molecule has 0 unspecified atom stereocenters. The van der Waals surface area contributed by atoms with E-state index in [0.717, 1.165) is 22.0 Å². The average Bonchev–Trinajstić information content (AvgIpc) is 3.13. The highest BCUT2D eigenvalue weighted by atomic mass is 32.2. The predicted molar refractivity (Wildman–Crippen MR) is 103 cm³/mol. The molecule has 8 heteroatoms. The van der Waals surface area contributed by atoms with E-state index in [9.17, 15) is 8.42 Å². The standard InChI is InChI=1S/C19H22N2O5S/c1-24-14-10-8-13(9-11-14)16-12-17(21(20-16)27(4,22)23)15-6-5-7-18(25-2)19(15)26-3/h5-11,17H,12H2,1-4H3/t17-/m1/s1. The van der Waals surface area contributed by atoms with E-state index >= 15 is 0 Å². The van der Waals surface area contributed by atoms with Crippen molar-refractivity contribution in [2.75, 3.05) is 27.6 Å². The molecule has 1 aliphatic heterocycles. The zero-order chi connectivity index (χ0) is 19.6. The van der Waals surface area contributed by atoms with E-state index in [2.05, 4.69) is 5.10 Å². The maximum Gasteiger partial charge on any atom is 0.247 e. The number of rotatable bonds is 6. The van der Waals surface area contributed by atoms with Crippen LogP contribution in [0.4, 0.5) is 0 Å². The summed E-state index contributed by atoms with van der Waals surface area (Å²) in [6.07, 6.45) is 1.57. The Morgan fingerprint density at radius 2 is 1.70 bits per heavy atom. The third-order valence-corrected chi connectivity index (χ3v) is 5.44. The van der Waals surface area contributed by atoms with Gasteiger partial charge in [0.05, 0.1) is 39.3 Å². The highest BCUT2D eigenvalue weighted by Crippen LogP contribution is 2.42. The Kier molecular flexibility index (Phi) is 5.27. The minimum atomic E-state index is -3.57. The third-order valence-electron chi connectivity index (χ3n) is 4.43. The number of benzene rings is 2. The van der Waals surface area contributed by atoms with Crippen molar-refractivity contribution in [2.24, 2.45) is 5.10 Å². The molecular weight excluding hydrogens is 368 g/mol. The van der Waals surface area contributed by atoms with Crippen molar-refractivity contribution in [1.82, 2.24) is 4.41 Å². The normalized spacial score (nSPS) is 16.8. The molecule has 3 rings (SSSR count). The van der Waals surface area contributed by atoms with E-state index in [4.69, 9.17) is 14.2 Å². The minimum absolute atomic E-state index is 0.420. The fourth-order valence-corrected chi connectivity index (χ4v) is 4.06. The highest BCUT2D eigenvalue weighted by molar-refractivity contribution is 7.88. The number of hydrazone groups is 1. The van der Waals surface area contributed by atoms with Gasteiger partial charge in [-0.25, -0.2) is 8.42 Å². The van der Waals surface area contributed by atoms with Crippen molar-refractivity contribution in [1.29, 1.82) is 0 Å². The summed E-state index contributed by atoms with van der Waals surface area (Å²) in [6.45, 7) is 0. The van der Waals surface area contributed by atoms with Crippen LogP contribution in [0.5, 0.6) is 17.2 Å². The molecule has 7 nitrogen and oxygen atoms in total. The van der Waals surface area contributed by atoms with Gasteiger partial charge >= 0.3 is 0 Å². The van der Waals surface area contributed by atoms with E-state index in [0.29, 0.717) is 29.2 Å². The lowest BCUT2D eigenvalue weighted by Crippen LogP contribution is -2.26. The van der Waals surface area contributed by atoms with Crippen molar-refractivity contribution in [2.45, 2.75) is 12.5 Å². The predicted octanol–water partition coefficient (Wildman–Crippen LogP) is 2.82. The summed E-state index contributed by atoms with van der Waals surface area (Å²) in [5.74, 6) is 1.77. The molecule has 0 aliphatic carbocycles. The van der Waals surface area contributed by atoms with Gasteiger partial charge in [0.1, 0.15) is 5.75 Å². The Labute approximate surface area is 159 Å². The van der Waals surface area contributed by atoms with Crippen molar-refractivity contribution < 1.29 is 22.6 Å². The van der Waals surface area contributed by atoms with E-state index < -0.39 is 16.1 Å². The quantitative estimate of drug-likeness (QED) is 0.758. The molecule has 0 bridgehead atoms. The topological polar surface area (TPSA) is 77.4 Å². The van der Waals surface area contributed by atoms with Crippen LogP contribution in [0.25, 0.3) is 0 Å². The summed E-state index contributed by atoms with van der Waals surface area (Å²) < 4.78 is 41.9. The molecule has 0 saturated heterocycles. The average molecular weight is 390 g/mol. The molecule has 0 saturated carbocycles. The van der Waals surface area contributed by atoms with Gasteiger partial charge in [0.25, 0.3) is 0 Å². The van der Waals surface area contributed by atoms with Crippen LogP contribution in [0.3, 0.4) is 0 Å². The van der Waals surface area contributed by atoms with Crippen LogP contribution in [0.1, 0.15) is 23.6 Å². The molecule has 0 amide bonds. The first-order valence-corrected chi connectivity index (χ1v) is 10.2. The van der Waals surface area contributed by atoms with Gasteiger partial charge in [-0.15, -0.1) is 0 Å². The first kappa shape index (κ1) is 19.0. The molecule has 27 heavy (non-hydrogen) atoms.